The van der Waals surface area contributed by atoms with Crippen molar-refractivity contribution in [3.8, 4) is 0 Å². The fourth-order valence-electron chi connectivity index (χ4n) is 2.84. The Morgan fingerprint density at radius 3 is 2.60 bits per heavy atom. The summed E-state index contributed by atoms with van der Waals surface area (Å²) in [6.45, 7) is 7.12. The molecule has 2 unspecified atom stereocenters. The van der Waals surface area contributed by atoms with Crippen molar-refractivity contribution in [2.24, 2.45) is 11.3 Å². The number of ether oxygens (including phenoxy) is 1. The largest absolute Gasteiger partial charge is 0.396 e. The maximum Gasteiger partial charge on any atom is 0.246 e. The molecule has 0 spiro atoms. The lowest BCUT2D eigenvalue weighted by Crippen LogP contribution is -2.41. The second-order valence-electron chi connectivity index (χ2n) is 6.35. The second-order valence-corrected chi connectivity index (χ2v) is 6.35. The monoisotopic (exact) mass is 285 g/mol. The molecule has 1 aliphatic carbocycles. The van der Waals surface area contributed by atoms with E-state index >= 15 is 0 Å². The normalized spacial score (nSPS) is 23.6. The summed E-state index contributed by atoms with van der Waals surface area (Å²) in [5, 5.41) is 12.4. The Kier molecular flexibility index (Phi) is 7.52. The van der Waals surface area contributed by atoms with Gasteiger partial charge in [0.25, 0.3) is 0 Å². The molecule has 0 aromatic rings. The van der Waals surface area contributed by atoms with Gasteiger partial charge in [-0.3, -0.25) is 4.79 Å². The molecule has 118 valence electrons. The molecule has 1 rings (SSSR count). The summed E-state index contributed by atoms with van der Waals surface area (Å²) in [6.07, 6.45) is 6.58. The number of carbonyl (C=O) groups is 1. The second kappa shape index (κ2) is 8.63. The van der Waals surface area contributed by atoms with E-state index in [1.807, 2.05) is 13.8 Å². The van der Waals surface area contributed by atoms with Crippen molar-refractivity contribution < 1.29 is 14.6 Å². The average Bonchev–Trinajstić information content (AvgIpc) is 2.47. The molecule has 1 amide bonds. The Hall–Kier alpha value is -0.610. The van der Waals surface area contributed by atoms with Gasteiger partial charge in [0, 0.05) is 12.0 Å². The first-order valence-corrected chi connectivity index (χ1v) is 8.04. The van der Waals surface area contributed by atoms with E-state index in [1.54, 1.807) is 0 Å². The van der Waals surface area contributed by atoms with Crippen LogP contribution in [0.25, 0.3) is 0 Å². The Bertz CT molecular complexity index is 281. The van der Waals surface area contributed by atoms with Crippen molar-refractivity contribution in [1.29, 1.82) is 0 Å². The van der Waals surface area contributed by atoms with Crippen LogP contribution in [-0.2, 0) is 9.53 Å². The van der Waals surface area contributed by atoms with Gasteiger partial charge in [0.15, 0.2) is 0 Å². The van der Waals surface area contributed by atoms with Gasteiger partial charge in [0.2, 0.25) is 5.91 Å². The van der Waals surface area contributed by atoms with Crippen LogP contribution in [-0.4, -0.2) is 36.9 Å². The first-order valence-electron chi connectivity index (χ1n) is 8.04. The van der Waals surface area contributed by atoms with E-state index < -0.39 is 0 Å². The number of amides is 1. The topological polar surface area (TPSA) is 58.6 Å². The highest BCUT2D eigenvalue weighted by atomic mass is 16.5. The minimum atomic E-state index is -0.186. The summed E-state index contributed by atoms with van der Waals surface area (Å²) < 4.78 is 5.71. The van der Waals surface area contributed by atoms with E-state index in [9.17, 15) is 9.90 Å². The van der Waals surface area contributed by atoms with Crippen LogP contribution in [0.3, 0.4) is 0 Å². The van der Waals surface area contributed by atoms with Gasteiger partial charge in [-0.1, -0.05) is 33.6 Å². The van der Waals surface area contributed by atoms with E-state index in [4.69, 9.17) is 4.74 Å². The SMILES string of the molecule is CCC(CC)(CO)CNC(=O)COC1CCCC(C)C1. The van der Waals surface area contributed by atoms with Crippen LogP contribution in [0.2, 0.25) is 0 Å². The highest BCUT2D eigenvalue weighted by molar-refractivity contribution is 5.77. The first kappa shape index (κ1) is 17.4. The summed E-state index contributed by atoms with van der Waals surface area (Å²) >= 11 is 0. The lowest BCUT2D eigenvalue weighted by molar-refractivity contribution is -0.129. The predicted molar refractivity (Wildman–Crippen MR) is 80.5 cm³/mol. The molecule has 0 heterocycles. The molecule has 0 aromatic carbocycles. The Labute approximate surface area is 123 Å². The molecule has 0 radical (unpaired) electrons. The van der Waals surface area contributed by atoms with Crippen molar-refractivity contribution in [3.05, 3.63) is 0 Å². The van der Waals surface area contributed by atoms with Gasteiger partial charge in [0.1, 0.15) is 6.61 Å². The fraction of sp³-hybridized carbons (Fsp3) is 0.938. The number of rotatable bonds is 8. The minimum Gasteiger partial charge on any atom is -0.396 e. The quantitative estimate of drug-likeness (QED) is 0.720. The van der Waals surface area contributed by atoms with Crippen molar-refractivity contribution in [1.82, 2.24) is 5.32 Å². The molecule has 1 fully saturated rings. The highest BCUT2D eigenvalue weighted by Gasteiger charge is 2.26. The van der Waals surface area contributed by atoms with Gasteiger partial charge in [-0.15, -0.1) is 0 Å². The van der Waals surface area contributed by atoms with Crippen LogP contribution in [0.4, 0.5) is 0 Å². The van der Waals surface area contributed by atoms with Crippen LogP contribution in [0.5, 0.6) is 0 Å². The van der Waals surface area contributed by atoms with E-state index in [0.717, 1.165) is 25.7 Å². The van der Waals surface area contributed by atoms with E-state index in [1.165, 1.54) is 12.8 Å². The summed E-state index contributed by atoms with van der Waals surface area (Å²) in [7, 11) is 0. The molecule has 0 aromatic heterocycles. The average molecular weight is 285 g/mol. The van der Waals surface area contributed by atoms with Crippen LogP contribution >= 0.6 is 0 Å². The third-order valence-corrected chi connectivity index (χ3v) is 4.83. The van der Waals surface area contributed by atoms with Gasteiger partial charge in [0.05, 0.1) is 12.7 Å². The van der Waals surface area contributed by atoms with Crippen molar-refractivity contribution in [2.75, 3.05) is 19.8 Å². The summed E-state index contributed by atoms with van der Waals surface area (Å²) in [5.41, 5.74) is -0.186. The summed E-state index contributed by atoms with van der Waals surface area (Å²) in [6, 6.07) is 0. The molecule has 0 bridgehead atoms. The van der Waals surface area contributed by atoms with Gasteiger partial charge >= 0.3 is 0 Å². The standard InChI is InChI=1S/C16H31NO3/c1-4-16(5-2,12-18)11-17-15(19)10-20-14-8-6-7-13(3)9-14/h13-14,18H,4-12H2,1-3H3,(H,17,19). The third-order valence-electron chi connectivity index (χ3n) is 4.83. The summed E-state index contributed by atoms with van der Waals surface area (Å²) in [5.74, 6) is 0.641. The molecule has 2 N–H and O–H groups in total. The molecule has 20 heavy (non-hydrogen) atoms. The maximum absolute atomic E-state index is 11.8. The molecular formula is C16H31NO3. The Morgan fingerprint density at radius 2 is 2.05 bits per heavy atom. The smallest absolute Gasteiger partial charge is 0.246 e. The minimum absolute atomic E-state index is 0.0667. The van der Waals surface area contributed by atoms with E-state index in [0.29, 0.717) is 12.5 Å². The molecule has 1 saturated carbocycles. The number of aliphatic hydroxyl groups is 1. The molecule has 4 nitrogen and oxygen atoms in total. The number of carbonyl (C=O) groups excluding carboxylic acids is 1. The van der Waals surface area contributed by atoms with E-state index in [2.05, 4.69) is 12.2 Å². The number of aliphatic hydroxyl groups excluding tert-OH is 1. The van der Waals surface area contributed by atoms with Crippen molar-refractivity contribution in [3.63, 3.8) is 0 Å². The van der Waals surface area contributed by atoms with E-state index in [-0.39, 0.29) is 30.6 Å². The first-order chi connectivity index (χ1) is 9.55. The molecule has 1 aliphatic rings. The van der Waals surface area contributed by atoms with Crippen LogP contribution in [0.1, 0.15) is 59.3 Å². The van der Waals surface area contributed by atoms with Crippen molar-refractivity contribution >= 4 is 5.91 Å². The van der Waals surface area contributed by atoms with Crippen molar-refractivity contribution in [2.45, 2.75) is 65.4 Å². The maximum atomic E-state index is 11.8. The zero-order chi connectivity index (χ0) is 15.0. The van der Waals surface area contributed by atoms with Crippen LogP contribution in [0.15, 0.2) is 0 Å². The third kappa shape index (κ3) is 5.41. The van der Waals surface area contributed by atoms with Gasteiger partial charge in [-0.25, -0.2) is 0 Å². The van der Waals surface area contributed by atoms with Crippen LogP contribution in [0, 0.1) is 11.3 Å². The molecule has 0 aliphatic heterocycles. The lowest BCUT2D eigenvalue weighted by Gasteiger charge is -2.30. The molecular weight excluding hydrogens is 254 g/mol. The number of nitrogens with one attached hydrogen (secondary N) is 1. The zero-order valence-electron chi connectivity index (χ0n) is 13.3. The van der Waals surface area contributed by atoms with Gasteiger partial charge < -0.3 is 15.2 Å². The molecule has 0 saturated heterocycles. The Balaban J connectivity index is 2.26. The zero-order valence-corrected chi connectivity index (χ0v) is 13.3. The number of hydrogen-bond acceptors (Lipinski definition) is 3. The highest BCUT2D eigenvalue weighted by Crippen LogP contribution is 2.26. The Morgan fingerprint density at radius 1 is 1.35 bits per heavy atom. The fourth-order valence-corrected chi connectivity index (χ4v) is 2.84. The summed E-state index contributed by atoms with van der Waals surface area (Å²) in [4.78, 5) is 11.8. The molecule has 2 atom stereocenters. The van der Waals surface area contributed by atoms with Crippen LogP contribution < -0.4 is 5.32 Å². The van der Waals surface area contributed by atoms with Gasteiger partial charge in [-0.05, 0) is 31.6 Å². The predicted octanol–water partition coefficient (Wildman–Crippen LogP) is 2.50. The molecule has 4 heteroatoms. The number of hydrogen-bond donors (Lipinski definition) is 2. The van der Waals surface area contributed by atoms with Gasteiger partial charge in [-0.2, -0.15) is 0 Å². The lowest BCUT2D eigenvalue weighted by atomic mass is 9.83.